The molecule has 3 atom stereocenters. The maximum atomic E-state index is 2.48. The van der Waals surface area contributed by atoms with Crippen molar-refractivity contribution in [2.75, 3.05) is 0 Å². The van der Waals surface area contributed by atoms with Crippen molar-refractivity contribution >= 4 is 0 Å². The third kappa shape index (κ3) is 3.65. The third-order valence-electron chi connectivity index (χ3n) is 5.57. The fourth-order valence-electron chi connectivity index (χ4n) is 4.00. The SMILES string of the molecule is CC(C)=CCC[C@@H](C)[C@@H]1CCC(C)=C2CC=C(C)C2C1. The summed E-state index contributed by atoms with van der Waals surface area (Å²) in [6.45, 7) is 11.6. The Kier molecular flexibility index (Phi) is 5.29. The Bertz CT molecular complexity index is 429. The van der Waals surface area contributed by atoms with Gasteiger partial charge in [0.25, 0.3) is 0 Å². The monoisotopic (exact) mass is 272 g/mol. The van der Waals surface area contributed by atoms with Gasteiger partial charge in [0, 0.05) is 5.92 Å². The van der Waals surface area contributed by atoms with Gasteiger partial charge in [-0.1, -0.05) is 41.4 Å². The van der Waals surface area contributed by atoms with Crippen LogP contribution < -0.4 is 0 Å². The van der Waals surface area contributed by atoms with E-state index >= 15 is 0 Å². The Morgan fingerprint density at radius 2 is 2.10 bits per heavy atom. The molecule has 2 aliphatic rings. The molecule has 0 heterocycles. The second-order valence-electron chi connectivity index (χ2n) is 7.38. The van der Waals surface area contributed by atoms with Gasteiger partial charge in [-0.25, -0.2) is 0 Å². The normalized spacial score (nSPS) is 27.8. The molecule has 0 aliphatic heterocycles. The van der Waals surface area contributed by atoms with Crippen LogP contribution in [0, 0.1) is 17.8 Å². The van der Waals surface area contributed by atoms with Crippen molar-refractivity contribution in [2.45, 2.75) is 73.1 Å². The van der Waals surface area contributed by atoms with Gasteiger partial charge >= 0.3 is 0 Å². The first-order valence-electron chi connectivity index (χ1n) is 8.47. The Balaban J connectivity index is 1.98. The second kappa shape index (κ2) is 6.78. The maximum absolute atomic E-state index is 2.48. The van der Waals surface area contributed by atoms with Gasteiger partial charge in [0.05, 0.1) is 0 Å². The molecule has 0 fully saturated rings. The molecular formula is C20H32. The Labute approximate surface area is 126 Å². The van der Waals surface area contributed by atoms with Gasteiger partial charge in [-0.15, -0.1) is 0 Å². The molecule has 20 heavy (non-hydrogen) atoms. The quantitative estimate of drug-likeness (QED) is 0.516. The predicted molar refractivity (Wildman–Crippen MR) is 89.7 cm³/mol. The van der Waals surface area contributed by atoms with Crippen LogP contribution in [0.3, 0.4) is 0 Å². The van der Waals surface area contributed by atoms with Gasteiger partial charge in [-0.05, 0) is 78.1 Å². The first-order valence-corrected chi connectivity index (χ1v) is 8.47. The van der Waals surface area contributed by atoms with Gasteiger partial charge in [0.1, 0.15) is 0 Å². The van der Waals surface area contributed by atoms with Gasteiger partial charge < -0.3 is 0 Å². The number of allylic oxidation sites excluding steroid dienone is 6. The highest BCUT2D eigenvalue weighted by Gasteiger charge is 2.30. The van der Waals surface area contributed by atoms with E-state index in [1.165, 1.54) is 44.1 Å². The molecule has 0 N–H and O–H groups in total. The zero-order valence-corrected chi connectivity index (χ0v) is 14.1. The molecule has 0 aromatic rings. The van der Waals surface area contributed by atoms with E-state index in [4.69, 9.17) is 0 Å². The largest absolute Gasteiger partial charge is 0.0859 e. The van der Waals surface area contributed by atoms with Crippen LogP contribution in [-0.2, 0) is 0 Å². The molecule has 0 radical (unpaired) electrons. The van der Waals surface area contributed by atoms with Gasteiger partial charge in [0.2, 0.25) is 0 Å². The zero-order valence-electron chi connectivity index (χ0n) is 14.1. The van der Waals surface area contributed by atoms with Crippen LogP contribution in [0.25, 0.3) is 0 Å². The summed E-state index contributed by atoms with van der Waals surface area (Å²) in [5, 5.41) is 0. The standard InChI is InChI=1S/C20H32/c1-14(2)7-6-8-15(3)18-11-9-16(4)19-12-10-17(5)20(19)13-18/h7,10,15,18,20H,6,8-9,11-13H2,1-5H3/t15-,18-,20?/m1/s1. The Morgan fingerprint density at radius 1 is 1.35 bits per heavy atom. The van der Waals surface area contributed by atoms with Crippen LogP contribution in [-0.4, -0.2) is 0 Å². The van der Waals surface area contributed by atoms with Crippen molar-refractivity contribution in [2.24, 2.45) is 17.8 Å². The molecule has 2 aliphatic carbocycles. The summed E-state index contributed by atoms with van der Waals surface area (Å²) in [5.41, 5.74) is 6.57. The highest BCUT2D eigenvalue weighted by atomic mass is 14.4. The maximum Gasteiger partial charge on any atom is 0.00127 e. The fourth-order valence-corrected chi connectivity index (χ4v) is 4.00. The molecular weight excluding hydrogens is 240 g/mol. The van der Waals surface area contributed by atoms with Crippen molar-refractivity contribution in [3.8, 4) is 0 Å². The highest BCUT2D eigenvalue weighted by molar-refractivity contribution is 5.34. The molecule has 112 valence electrons. The topological polar surface area (TPSA) is 0 Å². The van der Waals surface area contributed by atoms with E-state index in [2.05, 4.69) is 46.8 Å². The van der Waals surface area contributed by atoms with Crippen molar-refractivity contribution in [3.63, 3.8) is 0 Å². The van der Waals surface area contributed by atoms with E-state index in [-0.39, 0.29) is 0 Å². The van der Waals surface area contributed by atoms with E-state index in [9.17, 15) is 0 Å². The van der Waals surface area contributed by atoms with E-state index in [0.717, 1.165) is 17.8 Å². The van der Waals surface area contributed by atoms with Crippen molar-refractivity contribution < 1.29 is 0 Å². The molecule has 0 heteroatoms. The molecule has 0 nitrogen and oxygen atoms in total. The number of fused-ring (bicyclic) bond motifs is 1. The van der Waals surface area contributed by atoms with Gasteiger partial charge in [0.15, 0.2) is 0 Å². The van der Waals surface area contributed by atoms with Gasteiger partial charge in [-0.2, -0.15) is 0 Å². The van der Waals surface area contributed by atoms with Crippen LogP contribution in [0.5, 0.6) is 0 Å². The minimum Gasteiger partial charge on any atom is -0.0859 e. The zero-order chi connectivity index (χ0) is 14.7. The third-order valence-corrected chi connectivity index (χ3v) is 5.57. The molecule has 0 saturated carbocycles. The second-order valence-corrected chi connectivity index (χ2v) is 7.38. The Hall–Kier alpha value is -0.780. The fraction of sp³-hybridized carbons (Fsp3) is 0.700. The summed E-state index contributed by atoms with van der Waals surface area (Å²) in [7, 11) is 0. The van der Waals surface area contributed by atoms with E-state index < -0.39 is 0 Å². The lowest BCUT2D eigenvalue weighted by Crippen LogP contribution is -2.15. The van der Waals surface area contributed by atoms with E-state index in [1.54, 1.807) is 16.7 Å². The summed E-state index contributed by atoms with van der Waals surface area (Å²) in [4.78, 5) is 0. The lowest BCUT2D eigenvalue weighted by molar-refractivity contribution is 0.288. The van der Waals surface area contributed by atoms with Gasteiger partial charge in [-0.3, -0.25) is 0 Å². The molecule has 0 aromatic heterocycles. The van der Waals surface area contributed by atoms with E-state index in [1.807, 2.05) is 0 Å². The smallest absolute Gasteiger partial charge is 0.00127 e. The minimum atomic E-state index is 0.786. The molecule has 0 saturated heterocycles. The summed E-state index contributed by atoms with van der Waals surface area (Å²) in [6, 6.07) is 0. The highest BCUT2D eigenvalue weighted by Crippen LogP contribution is 2.44. The van der Waals surface area contributed by atoms with Crippen molar-refractivity contribution in [3.05, 3.63) is 34.4 Å². The minimum absolute atomic E-state index is 0.786. The lowest BCUT2D eigenvalue weighted by atomic mass is 9.79. The Morgan fingerprint density at radius 3 is 2.80 bits per heavy atom. The first kappa shape index (κ1) is 15.6. The predicted octanol–water partition coefficient (Wildman–Crippen LogP) is 6.45. The van der Waals surface area contributed by atoms with Crippen LogP contribution in [0.4, 0.5) is 0 Å². The molecule has 0 bridgehead atoms. The van der Waals surface area contributed by atoms with Crippen LogP contribution >= 0.6 is 0 Å². The summed E-state index contributed by atoms with van der Waals surface area (Å²) >= 11 is 0. The molecule has 0 spiro atoms. The summed E-state index contributed by atoms with van der Waals surface area (Å²) < 4.78 is 0. The molecule has 0 amide bonds. The van der Waals surface area contributed by atoms with Crippen LogP contribution in [0.15, 0.2) is 34.4 Å². The van der Waals surface area contributed by atoms with Crippen molar-refractivity contribution in [1.82, 2.24) is 0 Å². The number of hydrogen-bond acceptors (Lipinski definition) is 0. The molecule has 0 aromatic carbocycles. The van der Waals surface area contributed by atoms with Crippen LogP contribution in [0.1, 0.15) is 73.1 Å². The average Bonchev–Trinajstić information content (AvgIpc) is 2.65. The lowest BCUT2D eigenvalue weighted by Gasteiger charge is -2.25. The number of hydrogen-bond donors (Lipinski definition) is 0. The van der Waals surface area contributed by atoms with Crippen LogP contribution in [0.2, 0.25) is 0 Å². The van der Waals surface area contributed by atoms with Crippen molar-refractivity contribution in [1.29, 1.82) is 0 Å². The summed E-state index contributed by atoms with van der Waals surface area (Å²) in [5.74, 6) is 2.57. The number of rotatable bonds is 4. The molecule has 1 unspecified atom stereocenters. The van der Waals surface area contributed by atoms with E-state index in [0.29, 0.717) is 0 Å². The average molecular weight is 272 g/mol. The summed E-state index contributed by atoms with van der Waals surface area (Å²) in [6.07, 6.45) is 12.9. The molecule has 2 rings (SSSR count). The first-order chi connectivity index (χ1) is 9.49.